The highest BCUT2D eigenvalue weighted by molar-refractivity contribution is 5.82. The zero-order valence-electron chi connectivity index (χ0n) is 11.9. The van der Waals surface area contributed by atoms with E-state index in [0.29, 0.717) is 12.6 Å². The van der Waals surface area contributed by atoms with E-state index in [9.17, 15) is 4.79 Å². The first-order valence-electron chi connectivity index (χ1n) is 7.46. The fourth-order valence-corrected chi connectivity index (χ4v) is 3.14. The number of carbonyl (C=O) groups is 1. The number of nitrogens with one attached hydrogen (secondary N) is 2. The Kier molecular flexibility index (Phi) is 5.68. The maximum Gasteiger partial charge on any atom is 0.237 e. The summed E-state index contributed by atoms with van der Waals surface area (Å²) in [5.41, 5.74) is 0. The quantitative estimate of drug-likeness (QED) is 0.581. The van der Waals surface area contributed by atoms with Crippen LogP contribution in [0.3, 0.4) is 0 Å². The van der Waals surface area contributed by atoms with E-state index in [4.69, 9.17) is 0 Å². The van der Waals surface area contributed by atoms with Crippen molar-refractivity contribution < 1.29 is 4.79 Å². The van der Waals surface area contributed by atoms with Gasteiger partial charge in [-0.05, 0) is 52.2 Å². The lowest BCUT2D eigenvalue weighted by Crippen LogP contribution is -2.50. The normalized spacial score (nSPS) is 24.8. The molecule has 106 valence electrons. The molecule has 0 saturated carbocycles. The maximum atomic E-state index is 12.2. The van der Waals surface area contributed by atoms with Crippen LogP contribution in [-0.4, -0.2) is 49.1 Å². The molecule has 0 aromatic carbocycles. The van der Waals surface area contributed by atoms with E-state index in [0.717, 1.165) is 38.9 Å². The Bertz CT molecular complexity index is 352. The molecule has 2 saturated heterocycles. The standard InChI is InChI=1S/C15H25N3O/c1-2-3-4-9-17-15(19)14-6-5-12-18(14)13-7-10-16-11-8-13/h13-14,16H,4-12H2,1H3,(H,17,19). The van der Waals surface area contributed by atoms with Crippen LogP contribution < -0.4 is 10.6 Å². The van der Waals surface area contributed by atoms with Crippen LogP contribution in [0.25, 0.3) is 0 Å². The van der Waals surface area contributed by atoms with Crippen molar-refractivity contribution in [1.29, 1.82) is 0 Å². The molecule has 2 aliphatic heterocycles. The molecule has 0 bridgehead atoms. The molecule has 19 heavy (non-hydrogen) atoms. The van der Waals surface area contributed by atoms with Crippen LogP contribution >= 0.6 is 0 Å². The summed E-state index contributed by atoms with van der Waals surface area (Å²) in [5, 5.41) is 6.42. The molecule has 0 aromatic heterocycles. The average molecular weight is 263 g/mol. The molecule has 2 rings (SSSR count). The van der Waals surface area contributed by atoms with Gasteiger partial charge in [0, 0.05) is 19.0 Å². The van der Waals surface area contributed by atoms with Gasteiger partial charge in [0.25, 0.3) is 0 Å². The van der Waals surface area contributed by atoms with Crippen LogP contribution in [0.5, 0.6) is 0 Å². The third kappa shape index (κ3) is 3.95. The molecule has 0 spiro atoms. The highest BCUT2D eigenvalue weighted by Gasteiger charge is 2.35. The van der Waals surface area contributed by atoms with Gasteiger partial charge in [-0.25, -0.2) is 0 Å². The molecular formula is C15H25N3O. The molecule has 1 amide bonds. The lowest BCUT2D eigenvalue weighted by molar-refractivity contribution is -0.126. The van der Waals surface area contributed by atoms with Crippen molar-refractivity contribution in [3.63, 3.8) is 0 Å². The van der Waals surface area contributed by atoms with Gasteiger partial charge in [0.15, 0.2) is 0 Å². The van der Waals surface area contributed by atoms with E-state index in [2.05, 4.69) is 27.4 Å². The van der Waals surface area contributed by atoms with E-state index >= 15 is 0 Å². The number of hydrogen-bond acceptors (Lipinski definition) is 3. The van der Waals surface area contributed by atoms with Crippen molar-refractivity contribution in [1.82, 2.24) is 15.5 Å². The Hall–Kier alpha value is -1.05. The van der Waals surface area contributed by atoms with Gasteiger partial charge in [-0.3, -0.25) is 9.69 Å². The zero-order valence-corrected chi connectivity index (χ0v) is 11.9. The third-order valence-corrected chi connectivity index (χ3v) is 4.10. The van der Waals surface area contributed by atoms with Crippen LogP contribution in [0.4, 0.5) is 0 Å². The van der Waals surface area contributed by atoms with Gasteiger partial charge in [0.2, 0.25) is 5.91 Å². The Balaban J connectivity index is 1.82. The highest BCUT2D eigenvalue weighted by atomic mass is 16.2. The number of piperidine rings is 1. The molecule has 2 fully saturated rings. The van der Waals surface area contributed by atoms with Gasteiger partial charge >= 0.3 is 0 Å². The number of amides is 1. The summed E-state index contributed by atoms with van der Waals surface area (Å²) in [6.45, 7) is 5.76. The smallest absolute Gasteiger partial charge is 0.237 e. The molecule has 2 heterocycles. The molecule has 2 aliphatic rings. The van der Waals surface area contributed by atoms with Crippen LogP contribution in [0.15, 0.2) is 0 Å². The van der Waals surface area contributed by atoms with Gasteiger partial charge in [-0.2, -0.15) is 0 Å². The largest absolute Gasteiger partial charge is 0.354 e. The predicted octanol–water partition coefficient (Wildman–Crippen LogP) is 0.732. The summed E-state index contributed by atoms with van der Waals surface area (Å²) in [6.07, 6.45) is 5.25. The van der Waals surface area contributed by atoms with Crippen molar-refractivity contribution >= 4 is 5.91 Å². The van der Waals surface area contributed by atoms with E-state index in [1.807, 2.05) is 6.92 Å². The Morgan fingerprint density at radius 3 is 2.89 bits per heavy atom. The number of rotatable bonds is 4. The van der Waals surface area contributed by atoms with Crippen LogP contribution in [0.2, 0.25) is 0 Å². The Morgan fingerprint density at radius 1 is 1.37 bits per heavy atom. The summed E-state index contributed by atoms with van der Waals surface area (Å²) in [5.74, 6) is 6.04. The number of nitrogens with zero attached hydrogens (tertiary/aromatic N) is 1. The molecule has 0 radical (unpaired) electrons. The van der Waals surface area contributed by atoms with E-state index < -0.39 is 0 Å². The Morgan fingerprint density at radius 2 is 2.16 bits per heavy atom. The van der Waals surface area contributed by atoms with Crippen molar-refractivity contribution in [2.24, 2.45) is 0 Å². The molecular weight excluding hydrogens is 238 g/mol. The van der Waals surface area contributed by atoms with E-state index in [1.54, 1.807) is 0 Å². The average Bonchev–Trinajstić information content (AvgIpc) is 2.94. The lowest BCUT2D eigenvalue weighted by atomic mass is 10.0. The summed E-state index contributed by atoms with van der Waals surface area (Å²) < 4.78 is 0. The fourth-order valence-electron chi connectivity index (χ4n) is 3.14. The minimum absolute atomic E-state index is 0.0951. The topological polar surface area (TPSA) is 44.4 Å². The Labute approximate surface area is 116 Å². The number of hydrogen-bond donors (Lipinski definition) is 2. The van der Waals surface area contributed by atoms with Gasteiger partial charge in [-0.1, -0.05) is 0 Å². The third-order valence-electron chi connectivity index (χ3n) is 4.10. The summed E-state index contributed by atoms with van der Waals surface area (Å²) in [6, 6.07) is 0.688. The zero-order chi connectivity index (χ0) is 13.5. The second-order valence-corrected chi connectivity index (χ2v) is 5.34. The first-order chi connectivity index (χ1) is 9.33. The molecule has 1 unspecified atom stereocenters. The second-order valence-electron chi connectivity index (χ2n) is 5.34. The number of carbonyl (C=O) groups excluding carboxylic acids is 1. The van der Waals surface area contributed by atoms with Gasteiger partial charge in [0.05, 0.1) is 6.04 Å². The van der Waals surface area contributed by atoms with Crippen molar-refractivity contribution in [2.75, 3.05) is 26.2 Å². The first kappa shape index (κ1) is 14.4. The summed E-state index contributed by atoms with van der Waals surface area (Å²) in [7, 11) is 0. The monoisotopic (exact) mass is 263 g/mol. The number of likely N-dealkylation sites (tertiary alicyclic amines) is 1. The van der Waals surface area contributed by atoms with Gasteiger partial charge < -0.3 is 10.6 Å². The molecule has 2 N–H and O–H groups in total. The second kappa shape index (κ2) is 7.52. The molecule has 0 aromatic rings. The van der Waals surface area contributed by atoms with Gasteiger partial charge in [-0.15, -0.1) is 11.8 Å². The van der Waals surface area contributed by atoms with Crippen molar-refractivity contribution in [3.05, 3.63) is 0 Å². The summed E-state index contributed by atoms with van der Waals surface area (Å²) >= 11 is 0. The molecule has 0 aliphatic carbocycles. The minimum Gasteiger partial charge on any atom is -0.354 e. The van der Waals surface area contributed by atoms with E-state index in [-0.39, 0.29) is 11.9 Å². The van der Waals surface area contributed by atoms with Crippen LogP contribution in [0, 0.1) is 11.8 Å². The predicted molar refractivity (Wildman–Crippen MR) is 76.7 cm³/mol. The first-order valence-corrected chi connectivity index (χ1v) is 7.46. The molecule has 4 nitrogen and oxygen atoms in total. The highest BCUT2D eigenvalue weighted by Crippen LogP contribution is 2.24. The maximum absolute atomic E-state index is 12.2. The van der Waals surface area contributed by atoms with Crippen molar-refractivity contribution in [3.8, 4) is 11.8 Å². The van der Waals surface area contributed by atoms with Crippen LogP contribution in [0.1, 0.15) is 39.0 Å². The SMILES string of the molecule is CC#CCCNC(=O)C1CCCN1C1CCNCC1. The van der Waals surface area contributed by atoms with Gasteiger partial charge in [0.1, 0.15) is 0 Å². The molecule has 1 atom stereocenters. The van der Waals surface area contributed by atoms with Crippen molar-refractivity contribution in [2.45, 2.75) is 51.1 Å². The fraction of sp³-hybridized carbons (Fsp3) is 0.800. The minimum atomic E-state index is 0.0951. The molecule has 4 heteroatoms. The summed E-state index contributed by atoms with van der Waals surface area (Å²) in [4.78, 5) is 14.7. The lowest BCUT2D eigenvalue weighted by Gasteiger charge is -2.35. The van der Waals surface area contributed by atoms with Crippen LogP contribution in [-0.2, 0) is 4.79 Å². The van der Waals surface area contributed by atoms with E-state index in [1.165, 1.54) is 12.8 Å².